The summed E-state index contributed by atoms with van der Waals surface area (Å²) in [5.74, 6) is 0.408. The van der Waals surface area contributed by atoms with Crippen LogP contribution in [0.1, 0.15) is 64.9 Å². The first-order valence-electron chi connectivity index (χ1n) is 15.5. The Hall–Kier alpha value is -3.76. The summed E-state index contributed by atoms with van der Waals surface area (Å²) in [7, 11) is 4.49. The highest BCUT2D eigenvalue weighted by atomic mass is 16.6. The summed E-state index contributed by atoms with van der Waals surface area (Å²) in [5, 5.41) is 3.05. The van der Waals surface area contributed by atoms with Gasteiger partial charge in [0.15, 0.2) is 11.5 Å². The lowest BCUT2D eigenvalue weighted by molar-refractivity contribution is -0.141. The second kappa shape index (κ2) is 16.4. The fraction of sp³-hybridized carbons (Fsp3) is 0.636. The molecule has 1 aromatic carbocycles. The van der Waals surface area contributed by atoms with Gasteiger partial charge in [-0.05, 0) is 89.0 Å². The van der Waals surface area contributed by atoms with Gasteiger partial charge in [0.25, 0.3) is 0 Å². The summed E-state index contributed by atoms with van der Waals surface area (Å²) < 4.78 is 21.0. The first-order valence-corrected chi connectivity index (χ1v) is 15.5. The van der Waals surface area contributed by atoms with Crippen molar-refractivity contribution in [3.05, 3.63) is 35.9 Å². The molecular formula is C33H49N3O8. The Bertz CT molecular complexity index is 1170. The van der Waals surface area contributed by atoms with Crippen LogP contribution in [-0.4, -0.2) is 92.8 Å². The lowest BCUT2D eigenvalue weighted by Crippen LogP contribution is -2.47. The number of methoxy groups -OCH3 is 3. The van der Waals surface area contributed by atoms with E-state index < -0.39 is 17.6 Å². The molecule has 0 spiro atoms. The van der Waals surface area contributed by atoms with Crippen LogP contribution < -0.4 is 14.8 Å². The Morgan fingerprint density at radius 1 is 0.977 bits per heavy atom. The number of hydrogen-bond acceptors (Lipinski definition) is 8. The summed E-state index contributed by atoms with van der Waals surface area (Å²) in [6.45, 7) is 7.64. The Kier molecular flexibility index (Phi) is 12.9. The molecule has 1 N–H and O–H groups in total. The second-order valence-corrected chi connectivity index (χ2v) is 12.5. The quantitative estimate of drug-likeness (QED) is 0.291. The number of hydrogen-bond donors (Lipinski definition) is 1. The molecule has 2 aliphatic rings. The van der Waals surface area contributed by atoms with E-state index >= 15 is 0 Å². The van der Waals surface area contributed by atoms with Crippen LogP contribution >= 0.6 is 0 Å². The number of likely N-dealkylation sites (tertiary alicyclic amines) is 2. The highest BCUT2D eigenvalue weighted by molar-refractivity contribution is 5.88. The van der Waals surface area contributed by atoms with Crippen LogP contribution in [0, 0.1) is 11.8 Å². The Morgan fingerprint density at radius 3 is 2.32 bits per heavy atom. The number of benzene rings is 1. The van der Waals surface area contributed by atoms with E-state index in [0.29, 0.717) is 56.9 Å². The van der Waals surface area contributed by atoms with Gasteiger partial charge in [0.05, 0.1) is 33.7 Å². The van der Waals surface area contributed by atoms with E-state index in [9.17, 15) is 19.2 Å². The molecule has 0 aliphatic carbocycles. The van der Waals surface area contributed by atoms with Gasteiger partial charge in [-0.2, -0.15) is 0 Å². The molecule has 2 saturated heterocycles. The smallest absolute Gasteiger partial charge is 0.410 e. The third-order valence-electron chi connectivity index (χ3n) is 8.02. The maximum Gasteiger partial charge on any atom is 0.410 e. The molecule has 244 valence electrons. The van der Waals surface area contributed by atoms with Gasteiger partial charge >= 0.3 is 12.1 Å². The zero-order chi connectivity index (χ0) is 32.3. The maximum absolute atomic E-state index is 13.3. The molecule has 2 fully saturated rings. The number of aryl methyl sites for hydroxylation is 1. The largest absolute Gasteiger partial charge is 0.493 e. The van der Waals surface area contributed by atoms with Crippen LogP contribution in [0.4, 0.5) is 4.79 Å². The lowest BCUT2D eigenvalue weighted by atomic mass is 9.94. The van der Waals surface area contributed by atoms with Gasteiger partial charge in [-0.1, -0.05) is 12.1 Å². The average molecular weight is 616 g/mol. The molecule has 1 aromatic rings. The Morgan fingerprint density at radius 2 is 1.68 bits per heavy atom. The number of amides is 3. The van der Waals surface area contributed by atoms with E-state index in [1.165, 1.54) is 7.11 Å². The number of carbonyl (C=O) groups is 4. The van der Waals surface area contributed by atoms with E-state index in [4.69, 9.17) is 18.9 Å². The molecular weight excluding hydrogens is 566 g/mol. The predicted octanol–water partition coefficient (Wildman–Crippen LogP) is 4.13. The van der Waals surface area contributed by atoms with Crippen molar-refractivity contribution < 1.29 is 38.1 Å². The lowest BCUT2D eigenvalue weighted by Gasteiger charge is -2.33. The highest BCUT2D eigenvalue weighted by Gasteiger charge is 2.30. The van der Waals surface area contributed by atoms with Crippen LogP contribution in [0.5, 0.6) is 11.5 Å². The second-order valence-electron chi connectivity index (χ2n) is 12.5. The van der Waals surface area contributed by atoms with Crippen molar-refractivity contribution in [2.24, 2.45) is 11.8 Å². The molecule has 44 heavy (non-hydrogen) atoms. The minimum atomic E-state index is -0.530. The molecule has 3 amide bonds. The van der Waals surface area contributed by atoms with Crippen LogP contribution in [0.25, 0.3) is 0 Å². The molecule has 3 rings (SSSR count). The standard InChI is InChI=1S/C33H49N3O8/c1-33(2,3)44-32(40)35-18-15-23(16-19-35)11-14-29(37)36-17-7-8-25(22-36)31(39)34-26(21-30(38)43-6)12-9-24-10-13-27(41-4)28(20-24)42-5/h10-11,13-14,20,23,25-26H,7-9,12,15-19,21-22H2,1-6H3,(H,34,39)/b14-11+/t25-,26?/m1/s1. The van der Waals surface area contributed by atoms with E-state index in [2.05, 4.69) is 5.32 Å². The summed E-state index contributed by atoms with van der Waals surface area (Å²) in [6, 6.07) is 5.23. The number of piperidine rings is 2. The number of carbonyl (C=O) groups excluding carboxylic acids is 4. The SMILES string of the molecule is COC(=O)CC(CCc1ccc(OC)c(OC)c1)NC(=O)[C@@H]1CCCN(C(=O)/C=C/C2CCN(C(=O)OC(C)(C)C)CC2)C1. The number of nitrogens with zero attached hydrogens (tertiary/aromatic N) is 2. The minimum Gasteiger partial charge on any atom is -0.493 e. The molecule has 0 saturated carbocycles. The number of esters is 1. The molecule has 2 heterocycles. The van der Waals surface area contributed by atoms with E-state index in [1.807, 2.05) is 45.0 Å². The first-order chi connectivity index (χ1) is 20.9. The average Bonchev–Trinajstić information content (AvgIpc) is 3.01. The van der Waals surface area contributed by atoms with Crippen molar-refractivity contribution in [3.63, 3.8) is 0 Å². The van der Waals surface area contributed by atoms with Crippen molar-refractivity contribution in [2.75, 3.05) is 47.5 Å². The Labute approximate surface area is 261 Å². The van der Waals surface area contributed by atoms with Crippen LogP contribution in [-0.2, 0) is 30.3 Å². The molecule has 0 bridgehead atoms. The normalized spacial score (nSPS) is 18.5. The predicted molar refractivity (Wildman–Crippen MR) is 165 cm³/mol. The van der Waals surface area contributed by atoms with Gasteiger partial charge < -0.3 is 34.1 Å². The summed E-state index contributed by atoms with van der Waals surface area (Å²) in [4.78, 5) is 54.3. The van der Waals surface area contributed by atoms with E-state index in [0.717, 1.165) is 24.8 Å². The Balaban J connectivity index is 1.52. The van der Waals surface area contributed by atoms with Crippen molar-refractivity contribution in [3.8, 4) is 11.5 Å². The minimum absolute atomic E-state index is 0.0559. The first kappa shape index (κ1) is 34.7. The van der Waals surface area contributed by atoms with Crippen molar-refractivity contribution in [2.45, 2.75) is 77.4 Å². The molecule has 1 unspecified atom stereocenters. The van der Waals surface area contributed by atoms with Crippen LogP contribution in [0.3, 0.4) is 0 Å². The zero-order valence-corrected chi connectivity index (χ0v) is 27.1. The molecule has 2 aliphatic heterocycles. The molecule has 2 atom stereocenters. The summed E-state index contributed by atoms with van der Waals surface area (Å²) in [6.07, 6.45) is 7.35. The van der Waals surface area contributed by atoms with Crippen LogP contribution in [0.15, 0.2) is 30.4 Å². The monoisotopic (exact) mass is 615 g/mol. The van der Waals surface area contributed by atoms with Crippen molar-refractivity contribution in [1.82, 2.24) is 15.1 Å². The molecule has 11 heteroatoms. The van der Waals surface area contributed by atoms with Gasteiger partial charge in [-0.15, -0.1) is 0 Å². The molecule has 0 radical (unpaired) electrons. The van der Waals surface area contributed by atoms with E-state index in [-0.39, 0.29) is 36.2 Å². The van der Waals surface area contributed by atoms with Gasteiger partial charge in [0.2, 0.25) is 11.8 Å². The maximum atomic E-state index is 13.3. The topological polar surface area (TPSA) is 124 Å². The third kappa shape index (κ3) is 10.7. The fourth-order valence-corrected chi connectivity index (χ4v) is 5.52. The third-order valence-corrected chi connectivity index (χ3v) is 8.02. The van der Waals surface area contributed by atoms with Gasteiger partial charge in [0, 0.05) is 32.2 Å². The molecule has 11 nitrogen and oxygen atoms in total. The van der Waals surface area contributed by atoms with Crippen molar-refractivity contribution >= 4 is 23.9 Å². The number of nitrogens with one attached hydrogen (secondary N) is 1. The fourth-order valence-electron chi connectivity index (χ4n) is 5.52. The van der Waals surface area contributed by atoms with Gasteiger partial charge in [-0.25, -0.2) is 4.79 Å². The summed E-state index contributed by atoms with van der Waals surface area (Å²) >= 11 is 0. The number of rotatable bonds is 11. The van der Waals surface area contributed by atoms with E-state index in [1.54, 1.807) is 30.1 Å². The van der Waals surface area contributed by atoms with Crippen LogP contribution in [0.2, 0.25) is 0 Å². The number of ether oxygens (including phenoxy) is 4. The molecule has 0 aromatic heterocycles. The number of allylic oxidation sites excluding steroid dienone is 1. The van der Waals surface area contributed by atoms with Gasteiger partial charge in [-0.3, -0.25) is 14.4 Å². The zero-order valence-electron chi connectivity index (χ0n) is 27.1. The highest BCUT2D eigenvalue weighted by Crippen LogP contribution is 2.28. The van der Waals surface area contributed by atoms with Crippen molar-refractivity contribution in [1.29, 1.82) is 0 Å². The van der Waals surface area contributed by atoms with Gasteiger partial charge in [0.1, 0.15) is 5.60 Å². The summed E-state index contributed by atoms with van der Waals surface area (Å²) in [5.41, 5.74) is 0.459.